The molecule has 0 amide bonds. The molecule has 116 valence electrons. The lowest BCUT2D eigenvalue weighted by Gasteiger charge is -2.42. The minimum Gasteiger partial charge on any atom is -0.302 e. The lowest BCUT2D eigenvalue weighted by atomic mass is 9.62. The second-order valence-corrected chi connectivity index (χ2v) is 8.14. The summed E-state index contributed by atoms with van der Waals surface area (Å²) < 4.78 is 0. The summed E-state index contributed by atoms with van der Waals surface area (Å²) in [6.45, 7) is 11.8. The normalized spacial score (nSPS) is 19.4. The SMILES string of the molecule is Cc1cc2c(cc1C(=O)CN(C)C)C(C)(C)CCC2(C)C. The number of benzene rings is 1. The first-order valence-electron chi connectivity index (χ1n) is 7.88. The smallest absolute Gasteiger partial charge is 0.177 e. The lowest BCUT2D eigenvalue weighted by molar-refractivity contribution is 0.0957. The number of carbonyl (C=O) groups excluding carboxylic acids is 1. The van der Waals surface area contributed by atoms with E-state index in [-0.39, 0.29) is 16.6 Å². The van der Waals surface area contributed by atoms with Gasteiger partial charge in [0.15, 0.2) is 5.78 Å². The zero-order chi connectivity index (χ0) is 16.0. The molecule has 1 aromatic carbocycles. The molecular weight excluding hydrogens is 258 g/mol. The van der Waals surface area contributed by atoms with Gasteiger partial charge in [0.1, 0.15) is 0 Å². The number of ketones is 1. The fourth-order valence-electron chi connectivity index (χ4n) is 3.39. The summed E-state index contributed by atoms with van der Waals surface area (Å²) in [5, 5.41) is 0. The molecule has 0 aromatic heterocycles. The molecule has 0 unspecified atom stereocenters. The Hall–Kier alpha value is -1.15. The van der Waals surface area contributed by atoms with Crippen LogP contribution >= 0.6 is 0 Å². The van der Waals surface area contributed by atoms with Crippen LogP contribution in [0.15, 0.2) is 12.1 Å². The summed E-state index contributed by atoms with van der Waals surface area (Å²) in [7, 11) is 3.89. The van der Waals surface area contributed by atoms with Gasteiger partial charge in [-0.2, -0.15) is 0 Å². The molecule has 1 aromatic rings. The number of rotatable bonds is 3. The molecule has 0 bridgehead atoms. The predicted molar refractivity (Wildman–Crippen MR) is 89.3 cm³/mol. The van der Waals surface area contributed by atoms with E-state index in [0.29, 0.717) is 6.54 Å². The Balaban J connectivity index is 2.57. The molecule has 0 radical (unpaired) electrons. The highest BCUT2D eigenvalue weighted by Gasteiger charge is 2.37. The van der Waals surface area contributed by atoms with E-state index in [1.807, 2.05) is 19.0 Å². The second kappa shape index (κ2) is 5.24. The second-order valence-electron chi connectivity index (χ2n) is 8.14. The highest BCUT2D eigenvalue weighted by molar-refractivity contribution is 5.99. The molecule has 0 saturated heterocycles. The van der Waals surface area contributed by atoms with Gasteiger partial charge in [0.25, 0.3) is 0 Å². The topological polar surface area (TPSA) is 20.3 Å². The van der Waals surface area contributed by atoms with Gasteiger partial charge >= 0.3 is 0 Å². The fourth-order valence-corrected chi connectivity index (χ4v) is 3.39. The molecule has 2 nitrogen and oxygen atoms in total. The molecular formula is C19H29NO. The Kier molecular flexibility index (Phi) is 4.05. The third-order valence-corrected chi connectivity index (χ3v) is 4.96. The van der Waals surface area contributed by atoms with Crippen molar-refractivity contribution in [1.29, 1.82) is 0 Å². The van der Waals surface area contributed by atoms with E-state index in [2.05, 4.69) is 46.8 Å². The summed E-state index contributed by atoms with van der Waals surface area (Å²) in [5.41, 5.74) is 5.17. The number of hydrogen-bond acceptors (Lipinski definition) is 2. The van der Waals surface area contributed by atoms with E-state index in [1.165, 1.54) is 24.0 Å². The van der Waals surface area contributed by atoms with Gasteiger partial charge in [-0.1, -0.05) is 33.8 Å². The van der Waals surface area contributed by atoms with Gasteiger partial charge < -0.3 is 4.90 Å². The van der Waals surface area contributed by atoms with Crippen LogP contribution in [0.2, 0.25) is 0 Å². The Labute approximate surface area is 129 Å². The number of aryl methyl sites for hydroxylation is 1. The summed E-state index contributed by atoms with van der Waals surface area (Å²) >= 11 is 0. The molecule has 2 heteroatoms. The standard InChI is InChI=1S/C19H29NO/c1-13-10-15-16(11-14(13)17(21)12-20(6)7)19(4,5)9-8-18(15,2)3/h10-11H,8-9,12H2,1-7H3. The third-order valence-electron chi connectivity index (χ3n) is 4.96. The summed E-state index contributed by atoms with van der Waals surface area (Å²) in [4.78, 5) is 14.4. The molecule has 2 rings (SSSR count). The molecule has 0 N–H and O–H groups in total. The average Bonchev–Trinajstić information content (AvgIpc) is 2.33. The van der Waals surface area contributed by atoms with Crippen molar-refractivity contribution in [3.05, 3.63) is 34.4 Å². The lowest BCUT2D eigenvalue weighted by Crippen LogP contribution is -2.34. The van der Waals surface area contributed by atoms with E-state index >= 15 is 0 Å². The van der Waals surface area contributed by atoms with Crippen molar-refractivity contribution in [2.24, 2.45) is 0 Å². The van der Waals surface area contributed by atoms with Gasteiger partial charge in [0, 0.05) is 5.56 Å². The molecule has 0 heterocycles. The Morgan fingerprint density at radius 2 is 1.52 bits per heavy atom. The fraction of sp³-hybridized carbons (Fsp3) is 0.632. The van der Waals surface area contributed by atoms with Crippen molar-refractivity contribution in [1.82, 2.24) is 4.90 Å². The highest BCUT2D eigenvalue weighted by atomic mass is 16.1. The number of fused-ring (bicyclic) bond motifs is 1. The van der Waals surface area contributed by atoms with Gasteiger partial charge in [-0.25, -0.2) is 0 Å². The zero-order valence-electron chi connectivity index (χ0n) is 14.6. The van der Waals surface area contributed by atoms with Crippen molar-refractivity contribution < 1.29 is 4.79 Å². The minimum atomic E-state index is 0.158. The maximum absolute atomic E-state index is 12.5. The summed E-state index contributed by atoms with van der Waals surface area (Å²) in [5.74, 6) is 0.222. The number of Topliss-reactive ketones (excluding diaryl/α,β-unsaturated/α-hetero) is 1. The van der Waals surface area contributed by atoms with E-state index in [1.54, 1.807) is 0 Å². The summed E-state index contributed by atoms with van der Waals surface area (Å²) in [6, 6.07) is 4.44. The maximum Gasteiger partial charge on any atom is 0.177 e. The molecule has 0 saturated carbocycles. The van der Waals surface area contributed by atoms with E-state index in [9.17, 15) is 4.79 Å². The number of carbonyl (C=O) groups is 1. The van der Waals surface area contributed by atoms with Gasteiger partial charge in [-0.3, -0.25) is 4.79 Å². The van der Waals surface area contributed by atoms with Crippen molar-refractivity contribution in [2.45, 2.75) is 58.3 Å². The molecule has 0 fully saturated rings. The van der Waals surface area contributed by atoms with Crippen LogP contribution in [0, 0.1) is 6.92 Å². The summed E-state index contributed by atoms with van der Waals surface area (Å²) in [6.07, 6.45) is 2.38. The van der Waals surface area contributed by atoms with Crippen molar-refractivity contribution in [2.75, 3.05) is 20.6 Å². The molecule has 21 heavy (non-hydrogen) atoms. The van der Waals surface area contributed by atoms with Crippen LogP contribution in [0.4, 0.5) is 0 Å². The Bertz CT molecular complexity index is 567. The molecule has 0 atom stereocenters. The van der Waals surface area contributed by atoms with Crippen LogP contribution in [0.25, 0.3) is 0 Å². The quantitative estimate of drug-likeness (QED) is 0.780. The van der Waals surface area contributed by atoms with Gasteiger partial charge in [-0.05, 0) is 67.4 Å². The van der Waals surface area contributed by atoms with Gasteiger partial charge in [0.05, 0.1) is 6.54 Å². The Morgan fingerprint density at radius 3 is 2.00 bits per heavy atom. The third kappa shape index (κ3) is 3.06. The maximum atomic E-state index is 12.5. The first-order chi connectivity index (χ1) is 9.54. The molecule has 1 aliphatic rings. The average molecular weight is 287 g/mol. The predicted octanol–water partition coefficient (Wildman–Crippen LogP) is 4.09. The zero-order valence-corrected chi connectivity index (χ0v) is 14.6. The molecule has 1 aliphatic carbocycles. The van der Waals surface area contributed by atoms with E-state index in [4.69, 9.17) is 0 Å². The van der Waals surface area contributed by atoms with Gasteiger partial charge in [-0.15, -0.1) is 0 Å². The van der Waals surface area contributed by atoms with Gasteiger partial charge in [0.2, 0.25) is 0 Å². The van der Waals surface area contributed by atoms with Crippen LogP contribution in [0.3, 0.4) is 0 Å². The van der Waals surface area contributed by atoms with Crippen molar-refractivity contribution in [3.63, 3.8) is 0 Å². The largest absolute Gasteiger partial charge is 0.302 e. The monoisotopic (exact) mass is 287 g/mol. The minimum absolute atomic E-state index is 0.158. The van der Waals surface area contributed by atoms with Crippen LogP contribution in [0.1, 0.15) is 67.6 Å². The highest BCUT2D eigenvalue weighted by Crippen LogP contribution is 2.46. The van der Waals surface area contributed by atoms with Crippen LogP contribution in [0.5, 0.6) is 0 Å². The number of hydrogen-bond donors (Lipinski definition) is 0. The van der Waals surface area contributed by atoms with Crippen LogP contribution in [-0.4, -0.2) is 31.3 Å². The first-order valence-corrected chi connectivity index (χ1v) is 7.88. The number of likely N-dealkylation sites (N-methyl/N-ethyl adjacent to an activating group) is 1. The Morgan fingerprint density at radius 1 is 1.05 bits per heavy atom. The van der Waals surface area contributed by atoms with Crippen molar-refractivity contribution in [3.8, 4) is 0 Å². The molecule has 0 spiro atoms. The van der Waals surface area contributed by atoms with Crippen LogP contribution in [-0.2, 0) is 10.8 Å². The first kappa shape index (κ1) is 16.2. The van der Waals surface area contributed by atoms with E-state index in [0.717, 1.165) is 11.1 Å². The van der Waals surface area contributed by atoms with Crippen LogP contribution < -0.4 is 0 Å². The van der Waals surface area contributed by atoms with E-state index < -0.39 is 0 Å². The number of nitrogens with zero attached hydrogens (tertiary/aromatic N) is 1. The van der Waals surface area contributed by atoms with Crippen molar-refractivity contribution >= 4 is 5.78 Å². The molecule has 0 aliphatic heterocycles.